The third kappa shape index (κ3) is 6.34. The van der Waals surface area contributed by atoms with Crippen molar-refractivity contribution in [3.05, 3.63) is 83.9 Å². The van der Waals surface area contributed by atoms with Crippen LogP contribution >= 0.6 is 0 Å². The molecule has 3 aromatic rings. The molecule has 0 aromatic heterocycles. The summed E-state index contributed by atoms with van der Waals surface area (Å²) < 4.78 is 38.0. The number of hydrogen-bond donors (Lipinski definition) is 1. The number of benzene rings is 3. The molecular formula is C25H25N3O5S. The molecule has 0 atom stereocenters. The van der Waals surface area contributed by atoms with Crippen LogP contribution in [0, 0.1) is 11.3 Å². The summed E-state index contributed by atoms with van der Waals surface area (Å²) in [4.78, 5) is 12.4. The van der Waals surface area contributed by atoms with Crippen LogP contribution in [0.3, 0.4) is 0 Å². The maximum absolute atomic E-state index is 12.8. The Morgan fingerprint density at radius 3 is 2.35 bits per heavy atom. The van der Waals surface area contributed by atoms with E-state index in [2.05, 4.69) is 5.32 Å². The Labute approximate surface area is 199 Å². The van der Waals surface area contributed by atoms with Gasteiger partial charge in [0.25, 0.3) is 5.91 Å². The fourth-order valence-electron chi connectivity index (χ4n) is 3.12. The molecule has 0 saturated carbocycles. The fourth-order valence-corrected chi connectivity index (χ4v) is 4.28. The zero-order valence-corrected chi connectivity index (χ0v) is 19.7. The van der Waals surface area contributed by atoms with Crippen molar-refractivity contribution in [2.45, 2.75) is 18.4 Å². The van der Waals surface area contributed by atoms with Crippen LogP contribution in [0.4, 0.5) is 5.69 Å². The number of ether oxygens (including phenoxy) is 2. The van der Waals surface area contributed by atoms with Crippen molar-refractivity contribution in [2.24, 2.45) is 0 Å². The molecule has 0 heterocycles. The second kappa shape index (κ2) is 11.3. The van der Waals surface area contributed by atoms with Gasteiger partial charge in [-0.05, 0) is 48.9 Å². The number of hydrogen-bond acceptors (Lipinski definition) is 6. The summed E-state index contributed by atoms with van der Waals surface area (Å²) >= 11 is 0. The minimum atomic E-state index is -3.69. The van der Waals surface area contributed by atoms with Gasteiger partial charge in [-0.25, -0.2) is 8.42 Å². The highest BCUT2D eigenvalue weighted by molar-refractivity contribution is 7.89. The van der Waals surface area contributed by atoms with E-state index >= 15 is 0 Å². The molecule has 8 nitrogen and oxygen atoms in total. The van der Waals surface area contributed by atoms with Crippen LogP contribution in [0.1, 0.15) is 18.1 Å². The van der Waals surface area contributed by atoms with Crippen LogP contribution in [0.25, 0.3) is 0 Å². The molecule has 0 unspecified atom stereocenters. The van der Waals surface area contributed by atoms with Crippen LogP contribution in [0.2, 0.25) is 0 Å². The van der Waals surface area contributed by atoms with Gasteiger partial charge >= 0.3 is 0 Å². The van der Waals surface area contributed by atoms with Crippen LogP contribution < -0.4 is 14.8 Å². The maximum atomic E-state index is 12.8. The molecule has 0 aliphatic heterocycles. The number of anilines is 1. The maximum Gasteiger partial charge on any atom is 0.262 e. The largest absolute Gasteiger partial charge is 0.490 e. The molecule has 0 saturated heterocycles. The smallest absolute Gasteiger partial charge is 0.262 e. The van der Waals surface area contributed by atoms with E-state index in [1.165, 1.54) is 35.6 Å². The van der Waals surface area contributed by atoms with E-state index in [4.69, 9.17) is 14.7 Å². The van der Waals surface area contributed by atoms with Gasteiger partial charge in [-0.3, -0.25) is 4.79 Å². The molecule has 0 aliphatic carbocycles. The average Bonchev–Trinajstić information content (AvgIpc) is 2.84. The highest BCUT2D eigenvalue weighted by Crippen LogP contribution is 2.28. The standard InChI is InChI=1S/C25H25N3O5S/c1-3-32-24-15-20(16-26)9-14-23(24)33-18-25(29)27-21-10-12-22(13-11-21)34(30,31)28(2)17-19-7-5-4-6-8-19/h4-15H,3,17-18H2,1-2H3,(H,27,29). The summed E-state index contributed by atoms with van der Waals surface area (Å²) in [7, 11) is -2.16. The zero-order chi connectivity index (χ0) is 24.6. The van der Waals surface area contributed by atoms with Gasteiger partial charge in [0, 0.05) is 25.3 Å². The van der Waals surface area contributed by atoms with Crippen molar-refractivity contribution >= 4 is 21.6 Å². The van der Waals surface area contributed by atoms with E-state index in [0.717, 1.165) is 5.56 Å². The van der Waals surface area contributed by atoms with Crippen molar-refractivity contribution in [3.63, 3.8) is 0 Å². The molecule has 0 radical (unpaired) electrons. The minimum absolute atomic E-state index is 0.124. The number of nitriles is 1. The molecule has 0 aliphatic rings. The lowest BCUT2D eigenvalue weighted by Gasteiger charge is -2.17. The Hall–Kier alpha value is -3.87. The van der Waals surface area contributed by atoms with Crippen LogP contribution in [0.5, 0.6) is 11.5 Å². The topological polar surface area (TPSA) is 109 Å². The lowest BCUT2D eigenvalue weighted by atomic mass is 10.2. The third-order valence-electron chi connectivity index (χ3n) is 4.83. The normalized spacial score (nSPS) is 11.0. The summed E-state index contributed by atoms with van der Waals surface area (Å²) in [6.07, 6.45) is 0. The number of amides is 1. The van der Waals surface area contributed by atoms with Gasteiger partial charge in [-0.15, -0.1) is 0 Å². The van der Waals surface area contributed by atoms with Crippen molar-refractivity contribution in [1.82, 2.24) is 4.31 Å². The predicted molar refractivity (Wildman–Crippen MR) is 128 cm³/mol. The number of carbonyl (C=O) groups is 1. The Kier molecular flexibility index (Phi) is 8.24. The van der Waals surface area contributed by atoms with Gasteiger partial charge in [0.1, 0.15) is 0 Å². The molecule has 0 fully saturated rings. The highest BCUT2D eigenvalue weighted by Gasteiger charge is 2.21. The van der Waals surface area contributed by atoms with Crippen LogP contribution in [-0.2, 0) is 21.4 Å². The molecular weight excluding hydrogens is 454 g/mol. The molecule has 3 aromatic carbocycles. The van der Waals surface area contributed by atoms with Gasteiger partial charge in [0.05, 0.1) is 23.1 Å². The number of rotatable bonds is 10. The van der Waals surface area contributed by atoms with Crippen molar-refractivity contribution in [2.75, 3.05) is 25.6 Å². The first-order chi connectivity index (χ1) is 16.3. The summed E-state index contributed by atoms with van der Waals surface area (Å²) in [5.74, 6) is 0.297. The van der Waals surface area contributed by atoms with Crippen LogP contribution in [-0.4, -0.2) is 38.9 Å². The molecule has 0 spiro atoms. The molecule has 0 bridgehead atoms. The first kappa shape index (κ1) is 24.8. The summed E-state index contributed by atoms with van der Waals surface area (Å²) in [5, 5.41) is 11.7. The Balaban J connectivity index is 1.60. The summed E-state index contributed by atoms with van der Waals surface area (Å²) in [5.41, 5.74) is 1.74. The Morgan fingerprint density at radius 2 is 1.71 bits per heavy atom. The van der Waals surface area contributed by atoms with Gasteiger partial charge < -0.3 is 14.8 Å². The summed E-state index contributed by atoms with van der Waals surface area (Å²) in [6.45, 7) is 2.15. The van der Waals surface area contributed by atoms with E-state index in [9.17, 15) is 13.2 Å². The number of nitrogens with zero attached hydrogens (tertiary/aromatic N) is 2. The van der Waals surface area contributed by atoms with E-state index in [1.54, 1.807) is 25.1 Å². The fraction of sp³-hybridized carbons (Fsp3) is 0.200. The molecule has 9 heteroatoms. The van der Waals surface area contributed by atoms with Gasteiger partial charge in [0.15, 0.2) is 18.1 Å². The number of sulfonamides is 1. The van der Waals surface area contributed by atoms with Crippen molar-refractivity contribution in [1.29, 1.82) is 5.26 Å². The number of carbonyl (C=O) groups excluding carboxylic acids is 1. The Morgan fingerprint density at radius 1 is 1.00 bits per heavy atom. The second-order valence-corrected chi connectivity index (χ2v) is 9.36. The van der Waals surface area contributed by atoms with Crippen LogP contribution in [0.15, 0.2) is 77.7 Å². The van der Waals surface area contributed by atoms with E-state index in [-0.39, 0.29) is 18.0 Å². The molecule has 34 heavy (non-hydrogen) atoms. The third-order valence-corrected chi connectivity index (χ3v) is 6.64. The molecule has 1 amide bonds. The first-order valence-corrected chi connectivity index (χ1v) is 12.0. The van der Waals surface area contributed by atoms with Crippen molar-refractivity contribution < 1.29 is 22.7 Å². The van der Waals surface area contributed by atoms with E-state index in [0.29, 0.717) is 29.4 Å². The number of nitrogens with one attached hydrogen (secondary N) is 1. The SMILES string of the molecule is CCOc1cc(C#N)ccc1OCC(=O)Nc1ccc(S(=O)(=O)N(C)Cc2ccccc2)cc1. The van der Waals surface area contributed by atoms with E-state index in [1.807, 2.05) is 36.4 Å². The van der Waals surface area contributed by atoms with Gasteiger partial charge in [-0.1, -0.05) is 30.3 Å². The van der Waals surface area contributed by atoms with Crippen molar-refractivity contribution in [3.8, 4) is 17.6 Å². The Bertz CT molecular complexity index is 1270. The van der Waals surface area contributed by atoms with E-state index < -0.39 is 15.9 Å². The predicted octanol–water partition coefficient (Wildman–Crippen LogP) is 3.80. The van der Waals surface area contributed by atoms with Gasteiger partial charge in [0.2, 0.25) is 10.0 Å². The lowest BCUT2D eigenvalue weighted by Crippen LogP contribution is -2.26. The first-order valence-electron chi connectivity index (χ1n) is 10.5. The zero-order valence-electron chi connectivity index (χ0n) is 18.9. The molecule has 1 N–H and O–H groups in total. The second-order valence-electron chi connectivity index (χ2n) is 7.31. The average molecular weight is 480 g/mol. The monoisotopic (exact) mass is 479 g/mol. The molecule has 176 valence electrons. The minimum Gasteiger partial charge on any atom is -0.490 e. The van der Waals surface area contributed by atoms with Gasteiger partial charge in [-0.2, -0.15) is 9.57 Å². The quantitative estimate of drug-likeness (QED) is 0.474. The lowest BCUT2D eigenvalue weighted by molar-refractivity contribution is -0.118. The summed E-state index contributed by atoms with van der Waals surface area (Å²) in [6, 6.07) is 22.0. The molecule has 3 rings (SSSR count). The highest BCUT2D eigenvalue weighted by atomic mass is 32.2.